The minimum absolute atomic E-state index is 0. The van der Waals surface area contributed by atoms with Gasteiger partial charge in [-0.1, -0.05) is 11.6 Å². The number of aromatic amines is 2. The Balaban J connectivity index is 0.00000153. The Kier molecular flexibility index (Phi) is 7.40. The molecule has 0 atom stereocenters. The van der Waals surface area contributed by atoms with Crippen molar-refractivity contribution in [2.45, 2.75) is 24.9 Å². The van der Waals surface area contributed by atoms with Gasteiger partial charge >= 0.3 is 6.18 Å². The maximum absolute atomic E-state index is 13.1. The number of halogens is 6. The van der Waals surface area contributed by atoms with Crippen LogP contribution in [0, 0.1) is 0 Å². The summed E-state index contributed by atoms with van der Waals surface area (Å²) in [6.07, 6.45) is 1.99. The average molecular weight is 521 g/mol. The number of imidazole rings is 1. The number of rotatable bonds is 3. The molecule has 0 saturated carbocycles. The Morgan fingerprint density at radius 3 is 2.52 bits per heavy atom. The Bertz CT molecular complexity index is 1230. The molecule has 2 N–H and O–H groups in total. The number of H-pyrrole nitrogens is 2. The van der Waals surface area contributed by atoms with E-state index in [9.17, 15) is 13.2 Å². The minimum Gasteiger partial charge on any atom is -0.356 e. The lowest BCUT2D eigenvalue weighted by Gasteiger charge is -2.32. The van der Waals surface area contributed by atoms with E-state index in [1.54, 1.807) is 12.4 Å². The van der Waals surface area contributed by atoms with Gasteiger partial charge in [-0.15, -0.1) is 24.8 Å². The van der Waals surface area contributed by atoms with Gasteiger partial charge in [-0.05, 0) is 31.0 Å². The van der Waals surface area contributed by atoms with E-state index in [0.29, 0.717) is 11.3 Å². The van der Waals surface area contributed by atoms with E-state index < -0.39 is 11.7 Å². The number of anilines is 1. The number of hydrogen-bond donors (Lipinski definition) is 2. The van der Waals surface area contributed by atoms with E-state index in [0.717, 1.165) is 55.1 Å². The molecule has 0 amide bonds. The van der Waals surface area contributed by atoms with Crippen LogP contribution in [-0.2, 0) is 6.18 Å². The second kappa shape index (κ2) is 9.74. The fourth-order valence-corrected chi connectivity index (χ4v) is 4.18. The van der Waals surface area contributed by atoms with E-state index in [2.05, 4.69) is 35.0 Å². The van der Waals surface area contributed by atoms with Crippen molar-refractivity contribution in [3.8, 4) is 11.3 Å². The molecule has 5 rings (SSSR count). The monoisotopic (exact) mass is 519 g/mol. The van der Waals surface area contributed by atoms with Gasteiger partial charge in [-0.3, -0.25) is 5.10 Å². The van der Waals surface area contributed by atoms with Gasteiger partial charge in [0.05, 0.1) is 29.0 Å². The molecule has 3 aromatic heterocycles. The highest BCUT2D eigenvalue weighted by molar-refractivity contribution is 6.33. The molecule has 1 saturated heterocycles. The number of aromatic nitrogens is 6. The van der Waals surface area contributed by atoms with Crippen molar-refractivity contribution in [2.75, 3.05) is 18.0 Å². The molecule has 0 aliphatic carbocycles. The van der Waals surface area contributed by atoms with E-state index in [4.69, 9.17) is 11.6 Å². The van der Waals surface area contributed by atoms with Crippen LogP contribution >= 0.6 is 36.4 Å². The number of fused-ring (bicyclic) bond motifs is 1. The number of nitrogens with zero attached hydrogens (tertiary/aromatic N) is 5. The lowest BCUT2D eigenvalue weighted by atomic mass is 9.96. The highest BCUT2D eigenvalue weighted by Crippen LogP contribution is 2.36. The summed E-state index contributed by atoms with van der Waals surface area (Å²) in [5.74, 6) is 1.75. The SMILES string of the molecule is Cl.Cl.FC(F)(F)c1ccc(Cl)c(-c2cnc(C3CCN(c4ncnc5[nH]ncc45)CC3)[nH]2)c1. The quantitative estimate of drug-likeness (QED) is 0.365. The Morgan fingerprint density at radius 2 is 1.79 bits per heavy atom. The van der Waals surface area contributed by atoms with Crippen LogP contribution in [0.5, 0.6) is 0 Å². The first kappa shape index (κ1) is 25.1. The zero-order valence-electron chi connectivity index (χ0n) is 16.9. The van der Waals surface area contributed by atoms with Gasteiger partial charge in [-0.2, -0.15) is 18.3 Å². The van der Waals surface area contributed by atoms with Gasteiger partial charge < -0.3 is 9.88 Å². The zero-order valence-corrected chi connectivity index (χ0v) is 19.3. The molecule has 7 nitrogen and oxygen atoms in total. The molecule has 1 aliphatic rings. The summed E-state index contributed by atoms with van der Waals surface area (Å²) in [5, 5.41) is 7.99. The van der Waals surface area contributed by atoms with Crippen LogP contribution in [0.1, 0.15) is 30.1 Å². The predicted molar refractivity (Wildman–Crippen MR) is 124 cm³/mol. The van der Waals surface area contributed by atoms with Gasteiger partial charge in [0.15, 0.2) is 5.65 Å². The first-order valence-electron chi connectivity index (χ1n) is 9.71. The van der Waals surface area contributed by atoms with Crippen LogP contribution in [0.3, 0.4) is 0 Å². The maximum atomic E-state index is 13.1. The molecule has 0 spiro atoms. The van der Waals surface area contributed by atoms with Crippen molar-refractivity contribution < 1.29 is 13.2 Å². The number of benzene rings is 1. The minimum atomic E-state index is -4.43. The standard InChI is InChI=1S/C20H17ClF3N7.2ClH/c21-15-2-1-12(20(22,23)24)7-13(15)16-9-25-17(29-16)11-3-5-31(6-4-11)19-14-8-28-30-18(14)26-10-27-19;;/h1-2,7-11H,3-6H2,(H,25,29)(H,26,27,28,30);2*1H. The summed E-state index contributed by atoms with van der Waals surface area (Å²) < 4.78 is 39.2. The molecular formula is C20H19Cl3F3N7. The third kappa shape index (κ3) is 4.87. The van der Waals surface area contributed by atoms with Gasteiger partial charge in [-0.25, -0.2) is 15.0 Å². The summed E-state index contributed by atoms with van der Waals surface area (Å²) in [5.41, 5.74) is 0.716. The predicted octanol–water partition coefficient (Wildman–Crippen LogP) is 5.64. The van der Waals surface area contributed by atoms with Crippen molar-refractivity contribution >= 4 is 53.3 Å². The van der Waals surface area contributed by atoms with Crippen molar-refractivity contribution in [2.24, 2.45) is 0 Å². The molecular weight excluding hydrogens is 502 g/mol. The number of piperidine rings is 1. The van der Waals surface area contributed by atoms with E-state index in [1.807, 2.05) is 0 Å². The van der Waals surface area contributed by atoms with Crippen LogP contribution in [0.15, 0.2) is 36.9 Å². The zero-order chi connectivity index (χ0) is 21.6. The highest BCUT2D eigenvalue weighted by atomic mass is 35.5. The van der Waals surface area contributed by atoms with Gasteiger partial charge in [0.1, 0.15) is 18.0 Å². The lowest BCUT2D eigenvalue weighted by molar-refractivity contribution is -0.137. The molecule has 1 fully saturated rings. The molecule has 4 aromatic rings. The average Bonchev–Trinajstić information content (AvgIpc) is 3.43. The third-order valence-electron chi connectivity index (χ3n) is 5.59. The van der Waals surface area contributed by atoms with E-state index in [-0.39, 0.29) is 41.3 Å². The van der Waals surface area contributed by atoms with Crippen LogP contribution < -0.4 is 4.90 Å². The van der Waals surface area contributed by atoms with E-state index in [1.165, 1.54) is 12.4 Å². The van der Waals surface area contributed by atoms with Crippen LogP contribution in [0.2, 0.25) is 5.02 Å². The largest absolute Gasteiger partial charge is 0.416 e. The molecule has 176 valence electrons. The molecule has 13 heteroatoms. The fourth-order valence-electron chi connectivity index (χ4n) is 3.96. The Hall–Kier alpha value is -2.56. The number of alkyl halides is 3. The van der Waals surface area contributed by atoms with Crippen LogP contribution in [-0.4, -0.2) is 43.2 Å². The van der Waals surface area contributed by atoms with Crippen molar-refractivity contribution in [3.05, 3.63) is 53.3 Å². The lowest BCUT2D eigenvalue weighted by Crippen LogP contribution is -2.33. The second-order valence-corrected chi connectivity index (χ2v) is 7.87. The summed E-state index contributed by atoms with van der Waals surface area (Å²) >= 11 is 6.16. The van der Waals surface area contributed by atoms with Gasteiger partial charge in [0, 0.05) is 29.6 Å². The Morgan fingerprint density at radius 1 is 1.03 bits per heavy atom. The molecule has 0 bridgehead atoms. The molecule has 0 unspecified atom stereocenters. The number of nitrogens with one attached hydrogen (secondary N) is 2. The van der Waals surface area contributed by atoms with Crippen LogP contribution in [0.25, 0.3) is 22.3 Å². The first-order valence-corrected chi connectivity index (χ1v) is 10.1. The second-order valence-electron chi connectivity index (χ2n) is 7.47. The molecule has 4 heterocycles. The third-order valence-corrected chi connectivity index (χ3v) is 5.92. The van der Waals surface area contributed by atoms with E-state index >= 15 is 0 Å². The molecule has 33 heavy (non-hydrogen) atoms. The van der Waals surface area contributed by atoms with Crippen LogP contribution in [0.4, 0.5) is 19.0 Å². The summed E-state index contributed by atoms with van der Waals surface area (Å²) in [6, 6.07) is 3.29. The first-order chi connectivity index (χ1) is 14.9. The normalized spacial score (nSPS) is 14.7. The fraction of sp³-hybridized carbons (Fsp3) is 0.300. The summed E-state index contributed by atoms with van der Waals surface area (Å²) in [7, 11) is 0. The van der Waals surface area contributed by atoms with Crippen molar-refractivity contribution in [1.82, 2.24) is 30.1 Å². The van der Waals surface area contributed by atoms with Gasteiger partial charge in [0.25, 0.3) is 0 Å². The topological polar surface area (TPSA) is 86.4 Å². The highest BCUT2D eigenvalue weighted by Gasteiger charge is 2.31. The Labute approximate surface area is 204 Å². The molecule has 1 aliphatic heterocycles. The maximum Gasteiger partial charge on any atom is 0.416 e. The van der Waals surface area contributed by atoms with Crippen molar-refractivity contribution in [1.29, 1.82) is 0 Å². The number of hydrogen-bond acceptors (Lipinski definition) is 5. The van der Waals surface area contributed by atoms with Gasteiger partial charge in [0.2, 0.25) is 0 Å². The molecule has 0 radical (unpaired) electrons. The summed E-state index contributed by atoms with van der Waals surface area (Å²) in [6.45, 7) is 1.53. The van der Waals surface area contributed by atoms with Crippen molar-refractivity contribution in [3.63, 3.8) is 0 Å². The summed E-state index contributed by atoms with van der Waals surface area (Å²) in [4.78, 5) is 18.4. The smallest absolute Gasteiger partial charge is 0.356 e. The molecule has 1 aromatic carbocycles.